The number of benzene rings is 1. The number of hydrogen-bond acceptors (Lipinski definition) is 2. The Balaban J connectivity index is 2.47. The van der Waals surface area contributed by atoms with Crippen LogP contribution >= 0.6 is 23.2 Å². The number of rotatable bonds is 5. The fourth-order valence-corrected chi connectivity index (χ4v) is 2.45. The highest BCUT2D eigenvalue weighted by Gasteiger charge is 2.12. The van der Waals surface area contributed by atoms with Crippen LogP contribution < -0.4 is 0 Å². The standard InChI is InChI=1S/C13H17Cl2N3/c1-17(2)8-9-18-12(6-7-14)16-11-5-3-4-10(15)13(11)18/h3-5H,6-9H2,1-2H3. The van der Waals surface area contributed by atoms with Gasteiger partial charge in [0, 0.05) is 25.4 Å². The number of fused-ring (bicyclic) bond motifs is 1. The Morgan fingerprint density at radius 2 is 2.11 bits per heavy atom. The Hall–Kier alpha value is -0.770. The van der Waals surface area contributed by atoms with Gasteiger partial charge in [0.15, 0.2) is 0 Å². The van der Waals surface area contributed by atoms with Gasteiger partial charge in [-0.3, -0.25) is 0 Å². The molecule has 3 nitrogen and oxygen atoms in total. The topological polar surface area (TPSA) is 21.1 Å². The Bertz CT molecular complexity index is 534. The lowest BCUT2D eigenvalue weighted by atomic mass is 10.3. The quantitative estimate of drug-likeness (QED) is 0.788. The molecule has 2 aromatic rings. The summed E-state index contributed by atoms with van der Waals surface area (Å²) in [5, 5.41) is 0.750. The highest BCUT2D eigenvalue weighted by Crippen LogP contribution is 2.24. The highest BCUT2D eigenvalue weighted by molar-refractivity contribution is 6.35. The van der Waals surface area contributed by atoms with E-state index >= 15 is 0 Å². The summed E-state index contributed by atoms with van der Waals surface area (Å²) in [5.41, 5.74) is 1.96. The molecule has 0 unspecified atom stereocenters. The van der Waals surface area contributed by atoms with Crippen molar-refractivity contribution >= 4 is 34.2 Å². The number of nitrogens with zero attached hydrogens (tertiary/aromatic N) is 3. The lowest BCUT2D eigenvalue weighted by molar-refractivity contribution is 0.383. The number of alkyl halides is 1. The second-order valence-electron chi connectivity index (χ2n) is 4.53. The van der Waals surface area contributed by atoms with Crippen LogP contribution in [0.3, 0.4) is 0 Å². The number of imidazole rings is 1. The zero-order valence-corrected chi connectivity index (χ0v) is 12.2. The molecule has 0 N–H and O–H groups in total. The van der Waals surface area contributed by atoms with E-state index < -0.39 is 0 Å². The molecule has 0 atom stereocenters. The van der Waals surface area contributed by atoms with Crippen molar-refractivity contribution in [3.8, 4) is 0 Å². The molecular weight excluding hydrogens is 269 g/mol. The molecule has 5 heteroatoms. The summed E-state index contributed by atoms with van der Waals surface area (Å²) >= 11 is 12.1. The third-order valence-electron chi connectivity index (χ3n) is 2.89. The molecule has 0 aliphatic rings. The summed E-state index contributed by atoms with van der Waals surface area (Å²) in [6.07, 6.45) is 0.764. The number of halogens is 2. The average molecular weight is 286 g/mol. The van der Waals surface area contributed by atoms with Gasteiger partial charge in [-0.25, -0.2) is 4.98 Å². The molecule has 0 bridgehead atoms. The van der Waals surface area contributed by atoms with Crippen molar-refractivity contribution in [2.24, 2.45) is 0 Å². The molecule has 1 aromatic carbocycles. The average Bonchev–Trinajstić information content (AvgIpc) is 2.66. The predicted octanol–water partition coefficient (Wildman–Crippen LogP) is 3.03. The number of para-hydroxylation sites is 1. The second kappa shape index (κ2) is 5.91. The SMILES string of the molecule is CN(C)CCn1c(CCCl)nc2cccc(Cl)c21. The van der Waals surface area contributed by atoms with E-state index in [2.05, 4.69) is 28.5 Å². The van der Waals surface area contributed by atoms with Crippen LogP contribution in [0.15, 0.2) is 18.2 Å². The Morgan fingerprint density at radius 1 is 1.33 bits per heavy atom. The van der Waals surface area contributed by atoms with Crippen molar-refractivity contribution in [3.05, 3.63) is 29.0 Å². The fraction of sp³-hybridized carbons (Fsp3) is 0.462. The van der Waals surface area contributed by atoms with Crippen molar-refractivity contribution in [2.45, 2.75) is 13.0 Å². The largest absolute Gasteiger partial charge is 0.325 e. The monoisotopic (exact) mass is 285 g/mol. The molecule has 2 rings (SSSR count). The molecule has 0 aliphatic heterocycles. The molecule has 0 fully saturated rings. The van der Waals surface area contributed by atoms with Crippen LogP contribution in [0, 0.1) is 0 Å². The summed E-state index contributed by atoms with van der Waals surface area (Å²) in [7, 11) is 4.11. The minimum absolute atomic E-state index is 0.572. The van der Waals surface area contributed by atoms with Gasteiger partial charge >= 0.3 is 0 Å². The Morgan fingerprint density at radius 3 is 2.78 bits per heavy atom. The lowest BCUT2D eigenvalue weighted by Crippen LogP contribution is -2.19. The van der Waals surface area contributed by atoms with Crippen LogP contribution in [-0.2, 0) is 13.0 Å². The Labute approximate surface area is 117 Å². The number of hydrogen-bond donors (Lipinski definition) is 0. The zero-order chi connectivity index (χ0) is 13.1. The van der Waals surface area contributed by atoms with Crippen molar-refractivity contribution in [3.63, 3.8) is 0 Å². The van der Waals surface area contributed by atoms with E-state index in [1.165, 1.54) is 0 Å². The molecule has 98 valence electrons. The molecule has 18 heavy (non-hydrogen) atoms. The maximum absolute atomic E-state index is 6.28. The molecule has 0 saturated carbocycles. The molecule has 0 amide bonds. The van der Waals surface area contributed by atoms with E-state index in [1.54, 1.807) is 0 Å². The van der Waals surface area contributed by atoms with Crippen LogP contribution in [0.2, 0.25) is 5.02 Å². The molecule has 0 radical (unpaired) electrons. The van der Waals surface area contributed by atoms with Crippen molar-refractivity contribution in [1.29, 1.82) is 0 Å². The molecule has 0 aliphatic carbocycles. The fourth-order valence-electron chi connectivity index (χ4n) is 2.01. The molecule has 1 aromatic heterocycles. The van der Waals surface area contributed by atoms with Gasteiger partial charge in [-0.15, -0.1) is 11.6 Å². The highest BCUT2D eigenvalue weighted by atomic mass is 35.5. The zero-order valence-electron chi connectivity index (χ0n) is 10.7. The number of aromatic nitrogens is 2. The van der Waals surface area contributed by atoms with Gasteiger partial charge in [0.05, 0.1) is 16.1 Å². The summed E-state index contributed by atoms with van der Waals surface area (Å²) < 4.78 is 2.18. The number of likely N-dealkylation sites (N-methyl/N-ethyl adjacent to an activating group) is 1. The molecule has 0 saturated heterocycles. The minimum atomic E-state index is 0.572. The smallest absolute Gasteiger partial charge is 0.111 e. The van der Waals surface area contributed by atoms with Crippen molar-refractivity contribution in [1.82, 2.24) is 14.5 Å². The van der Waals surface area contributed by atoms with Crippen LogP contribution in [0.25, 0.3) is 11.0 Å². The first-order chi connectivity index (χ1) is 8.63. The maximum atomic E-state index is 6.28. The summed E-state index contributed by atoms with van der Waals surface area (Å²) in [4.78, 5) is 6.76. The lowest BCUT2D eigenvalue weighted by Gasteiger charge is -2.13. The van der Waals surface area contributed by atoms with Crippen molar-refractivity contribution < 1.29 is 0 Å². The second-order valence-corrected chi connectivity index (χ2v) is 5.31. The molecule has 0 spiro atoms. The van der Waals surface area contributed by atoms with Crippen LogP contribution in [0.1, 0.15) is 5.82 Å². The van der Waals surface area contributed by atoms with Crippen LogP contribution in [0.5, 0.6) is 0 Å². The predicted molar refractivity (Wildman–Crippen MR) is 77.7 cm³/mol. The molecular formula is C13H17Cl2N3. The maximum Gasteiger partial charge on any atom is 0.111 e. The van der Waals surface area contributed by atoms with Crippen LogP contribution in [0.4, 0.5) is 0 Å². The van der Waals surface area contributed by atoms with Gasteiger partial charge in [-0.05, 0) is 26.2 Å². The third-order valence-corrected chi connectivity index (χ3v) is 3.38. The number of aryl methyl sites for hydroxylation is 1. The van der Waals surface area contributed by atoms with E-state index in [9.17, 15) is 0 Å². The third kappa shape index (κ3) is 2.79. The first-order valence-electron chi connectivity index (χ1n) is 5.98. The molecule has 1 heterocycles. The van der Waals surface area contributed by atoms with Crippen molar-refractivity contribution in [2.75, 3.05) is 26.5 Å². The first-order valence-corrected chi connectivity index (χ1v) is 6.89. The summed E-state index contributed by atoms with van der Waals surface area (Å²) in [5.74, 6) is 1.58. The van der Waals surface area contributed by atoms with Crippen LogP contribution in [-0.4, -0.2) is 41.0 Å². The van der Waals surface area contributed by atoms with Gasteiger partial charge in [-0.2, -0.15) is 0 Å². The first kappa shape index (κ1) is 13.7. The summed E-state index contributed by atoms with van der Waals surface area (Å²) in [6.45, 7) is 1.82. The van der Waals surface area contributed by atoms with Gasteiger partial charge in [0.1, 0.15) is 5.82 Å². The van der Waals surface area contributed by atoms with Gasteiger partial charge in [-0.1, -0.05) is 17.7 Å². The summed E-state index contributed by atoms with van der Waals surface area (Å²) in [6, 6.07) is 5.83. The van der Waals surface area contributed by atoms with E-state index in [0.717, 1.165) is 41.4 Å². The van der Waals surface area contributed by atoms with E-state index in [4.69, 9.17) is 23.2 Å². The van der Waals surface area contributed by atoms with E-state index in [1.807, 2.05) is 18.2 Å². The van der Waals surface area contributed by atoms with Gasteiger partial charge in [0.25, 0.3) is 0 Å². The normalized spacial score (nSPS) is 11.6. The van der Waals surface area contributed by atoms with Gasteiger partial charge < -0.3 is 9.47 Å². The Kier molecular flexibility index (Phi) is 4.49. The van der Waals surface area contributed by atoms with E-state index in [-0.39, 0.29) is 0 Å². The minimum Gasteiger partial charge on any atom is -0.325 e. The van der Waals surface area contributed by atoms with Gasteiger partial charge in [0.2, 0.25) is 0 Å². The van der Waals surface area contributed by atoms with E-state index in [0.29, 0.717) is 5.88 Å².